The highest BCUT2D eigenvalue weighted by atomic mass is 16.4. The van der Waals surface area contributed by atoms with Crippen LogP contribution in [0.1, 0.15) is 84.5 Å². The van der Waals surface area contributed by atoms with Crippen molar-refractivity contribution >= 4 is 35.8 Å². The number of carboxylic acids is 5. The third-order valence-corrected chi connectivity index (χ3v) is 10.2. The summed E-state index contributed by atoms with van der Waals surface area (Å²) in [7, 11) is 1.70. The van der Waals surface area contributed by atoms with Gasteiger partial charge in [-0.05, 0) is 32.1 Å². The largest absolute Gasteiger partial charge is 0.549 e. The van der Waals surface area contributed by atoms with Crippen LogP contribution in [0.15, 0.2) is 0 Å². The second-order valence-corrected chi connectivity index (χ2v) is 14.6. The monoisotopic (exact) mass is 835 g/mol. The van der Waals surface area contributed by atoms with Gasteiger partial charge in [0.05, 0.1) is 43.5 Å². The molecule has 0 aromatic carbocycles. The summed E-state index contributed by atoms with van der Waals surface area (Å²) in [6, 6.07) is -1.23. The minimum atomic E-state index is -1.57. The number of hydrogen-bond acceptors (Lipinski definition) is 19. The summed E-state index contributed by atoms with van der Waals surface area (Å²) in [5.41, 5.74) is 0. The molecule has 0 heterocycles. The van der Waals surface area contributed by atoms with Crippen LogP contribution in [0.3, 0.4) is 0 Å². The number of hydrogen-bond donors (Lipinski definition) is 6. The molecule has 58 heavy (non-hydrogen) atoms. The van der Waals surface area contributed by atoms with E-state index >= 15 is 0 Å². The van der Waals surface area contributed by atoms with Gasteiger partial charge < -0.3 is 85.3 Å². The first kappa shape index (κ1) is 54.5. The van der Waals surface area contributed by atoms with Crippen molar-refractivity contribution in [3.8, 4) is 0 Å². The highest BCUT2D eigenvalue weighted by Crippen LogP contribution is 2.31. The summed E-state index contributed by atoms with van der Waals surface area (Å²) in [6.07, 6.45) is 3.97. The Morgan fingerprint density at radius 3 is 1.33 bits per heavy atom. The number of amides is 1. The number of rotatable bonds is 27. The fourth-order valence-electron chi connectivity index (χ4n) is 7.33. The molecular formula is C37H65N5O16-4. The molecule has 0 aliphatic heterocycles. The summed E-state index contributed by atoms with van der Waals surface area (Å²) in [6.45, 7) is -4.55. The van der Waals surface area contributed by atoms with Crippen molar-refractivity contribution in [1.82, 2.24) is 19.6 Å². The minimum absolute atomic E-state index is 0. The SMILES string of the molecule is C.C[NH2+]C[C@H](O)[C@@H](O)[C@H](O)C(O)CO.O=C([O-])CN(CCN(CCN(CC(=O)[O-])CC(=O)[O-])C(CCC(=O)N(C1CCCCC1)C1CCCCC1)C(=O)[O-])CC(=O)[O-]. The number of quaternary nitrogens is 1. The van der Waals surface area contributed by atoms with E-state index in [1.54, 1.807) is 12.4 Å². The number of nitrogens with zero attached hydrogens (tertiary/aromatic N) is 4. The number of aliphatic hydroxyl groups excluding tert-OH is 5. The van der Waals surface area contributed by atoms with E-state index in [1.807, 2.05) is 4.90 Å². The molecule has 0 saturated heterocycles. The van der Waals surface area contributed by atoms with Crippen LogP contribution in [0.25, 0.3) is 0 Å². The normalized spacial score (nSPS) is 17.6. The second kappa shape index (κ2) is 29.6. The number of carbonyl (C=O) groups excluding carboxylic acids is 6. The Morgan fingerprint density at radius 2 is 1.00 bits per heavy atom. The molecule has 338 valence electrons. The molecule has 1 amide bonds. The summed E-state index contributed by atoms with van der Waals surface area (Å²) in [4.78, 5) is 75.9. The Morgan fingerprint density at radius 1 is 0.621 bits per heavy atom. The van der Waals surface area contributed by atoms with Crippen molar-refractivity contribution in [2.45, 2.75) is 127 Å². The first-order chi connectivity index (χ1) is 26.9. The number of aliphatic hydroxyl groups is 5. The third kappa shape index (κ3) is 21.5. The quantitative estimate of drug-likeness (QED) is 0.0447. The Hall–Kier alpha value is -3.54. The molecule has 0 spiro atoms. The molecule has 2 aliphatic carbocycles. The molecule has 2 unspecified atom stereocenters. The summed E-state index contributed by atoms with van der Waals surface area (Å²) >= 11 is 0. The molecule has 5 atom stereocenters. The summed E-state index contributed by atoms with van der Waals surface area (Å²) < 4.78 is 0. The number of nitrogens with two attached hydrogens (primary N) is 1. The Labute approximate surface area is 339 Å². The lowest BCUT2D eigenvalue weighted by atomic mass is 9.88. The maximum Gasteiger partial charge on any atom is 0.223 e. The van der Waals surface area contributed by atoms with Crippen molar-refractivity contribution in [3.63, 3.8) is 0 Å². The maximum atomic E-state index is 13.7. The predicted octanol–water partition coefficient (Wildman–Crippen LogP) is -9.46. The first-order valence-corrected chi connectivity index (χ1v) is 19.5. The first-order valence-electron chi connectivity index (χ1n) is 19.5. The van der Waals surface area contributed by atoms with Crippen LogP contribution in [-0.2, 0) is 28.8 Å². The number of carbonyl (C=O) groups is 6. The summed E-state index contributed by atoms with van der Waals surface area (Å²) in [5.74, 6) is -7.99. The van der Waals surface area contributed by atoms with Crippen molar-refractivity contribution < 1.29 is 85.1 Å². The molecular weight excluding hydrogens is 770 g/mol. The maximum absolute atomic E-state index is 13.7. The van der Waals surface area contributed by atoms with E-state index in [0.717, 1.165) is 74.0 Å². The molecule has 2 rings (SSSR count). The lowest BCUT2D eigenvalue weighted by Crippen LogP contribution is -2.83. The van der Waals surface area contributed by atoms with Crippen LogP contribution in [0, 0.1) is 0 Å². The van der Waals surface area contributed by atoms with E-state index in [9.17, 15) is 64.5 Å². The smallest absolute Gasteiger partial charge is 0.223 e. The number of likely N-dealkylation sites (N-methyl/N-ethyl adjacent to an activating group) is 1. The topological polar surface area (TPSA) is 348 Å². The lowest BCUT2D eigenvalue weighted by molar-refractivity contribution is -0.635. The molecule has 2 aliphatic rings. The van der Waals surface area contributed by atoms with Gasteiger partial charge in [-0.3, -0.25) is 19.5 Å². The van der Waals surface area contributed by atoms with Crippen molar-refractivity contribution in [3.05, 3.63) is 0 Å². The van der Waals surface area contributed by atoms with E-state index in [4.69, 9.17) is 15.3 Å². The zero-order valence-electron chi connectivity index (χ0n) is 32.7. The van der Waals surface area contributed by atoms with Crippen molar-refractivity contribution in [1.29, 1.82) is 0 Å². The molecule has 0 radical (unpaired) electrons. The van der Waals surface area contributed by atoms with Crippen molar-refractivity contribution in [2.75, 3.05) is 72.6 Å². The van der Waals surface area contributed by atoms with Crippen LogP contribution in [0.4, 0.5) is 0 Å². The Kier molecular flexibility index (Phi) is 27.8. The van der Waals surface area contributed by atoms with Gasteiger partial charge in [-0.25, -0.2) is 0 Å². The van der Waals surface area contributed by atoms with Gasteiger partial charge in [0.15, 0.2) is 0 Å². The van der Waals surface area contributed by atoms with Crippen LogP contribution in [0.2, 0.25) is 0 Å². The molecule has 0 aromatic heterocycles. The second-order valence-electron chi connectivity index (χ2n) is 14.6. The number of carboxylic acid groups (broad SMARTS) is 5. The van der Waals surface area contributed by atoms with Gasteiger partial charge in [0.1, 0.15) is 31.0 Å². The van der Waals surface area contributed by atoms with Gasteiger partial charge in [-0.1, -0.05) is 46.0 Å². The third-order valence-electron chi connectivity index (χ3n) is 10.2. The Bertz CT molecular complexity index is 1150. The van der Waals surface area contributed by atoms with Gasteiger partial charge in [0, 0.05) is 76.9 Å². The zero-order valence-corrected chi connectivity index (χ0v) is 32.7. The van der Waals surface area contributed by atoms with Crippen LogP contribution in [-0.4, -0.2) is 196 Å². The molecule has 21 nitrogen and oxygen atoms in total. The van der Waals surface area contributed by atoms with Crippen molar-refractivity contribution in [2.24, 2.45) is 0 Å². The Balaban J connectivity index is 0.00000198. The molecule has 21 heteroatoms. The van der Waals surface area contributed by atoms with E-state index in [2.05, 4.69) is 0 Å². The molecule has 7 N–H and O–H groups in total. The van der Waals surface area contributed by atoms with Gasteiger partial charge >= 0.3 is 0 Å². The zero-order chi connectivity index (χ0) is 43.1. The fraction of sp³-hybridized carbons (Fsp3) is 0.838. The van der Waals surface area contributed by atoms with E-state index in [1.165, 1.54) is 4.90 Å². The van der Waals surface area contributed by atoms with E-state index < -0.39 is 93.1 Å². The van der Waals surface area contributed by atoms with Gasteiger partial charge in [0.25, 0.3) is 0 Å². The minimum Gasteiger partial charge on any atom is -0.549 e. The average molecular weight is 836 g/mol. The lowest BCUT2D eigenvalue weighted by Gasteiger charge is -2.42. The highest BCUT2D eigenvalue weighted by molar-refractivity contribution is 5.78. The highest BCUT2D eigenvalue weighted by Gasteiger charge is 2.34. The molecule has 2 fully saturated rings. The van der Waals surface area contributed by atoms with Crippen LogP contribution in [0.5, 0.6) is 0 Å². The van der Waals surface area contributed by atoms with Gasteiger partial charge in [-0.15, -0.1) is 0 Å². The van der Waals surface area contributed by atoms with E-state index in [-0.39, 0.29) is 71.0 Å². The molecule has 0 aromatic rings. The van der Waals surface area contributed by atoms with Crippen LogP contribution >= 0.6 is 0 Å². The fourth-order valence-corrected chi connectivity index (χ4v) is 7.33. The van der Waals surface area contributed by atoms with Gasteiger partial charge in [-0.2, -0.15) is 0 Å². The summed E-state index contributed by atoms with van der Waals surface area (Å²) in [5, 5.41) is 104. The molecule has 2 saturated carbocycles. The number of aliphatic carboxylic acids is 5. The predicted molar refractivity (Wildman–Crippen MR) is 194 cm³/mol. The van der Waals surface area contributed by atoms with E-state index in [0.29, 0.717) is 0 Å². The average Bonchev–Trinajstić information content (AvgIpc) is 3.14. The van der Waals surface area contributed by atoms with Gasteiger partial charge in [0.2, 0.25) is 5.91 Å². The molecule has 0 bridgehead atoms. The van der Waals surface area contributed by atoms with Crippen LogP contribution < -0.4 is 30.8 Å². The standard InChI is InChI=1S/C29H48N4O11.C7H17NO5.CH4/c34-24(33(21-7-3-1-4-8-21)22-9-5-2-6-10-22)12-11-23(29(43)44)32(15-13-30(17-25(35)36)18-26(37)38)16-14-31(19-27(39)40)20-28(41)42;1-8-2-4(10)6(12)7(13)5(11)3-9;/h21-23H,1-20H2,(H,35,36)(H,37,38)(H,39,40)(H,41,42)(H,43,44);4-13H,2-3H2,1H3;1H4/p-4/t;4-,5?,6+,7+;/m.0./s1.